The van der Waals surface area contributed by atoms with Gasteiger partial charge in [0, 0.05) is 39.2 Å². The minimum atomic E-state index is 0.684. The van der Waals surface area contributed by atoms with Crippen LogP contribution in [0.1, 0.15) is 27.8 Å². The molecule has 0 aromatic heterocycles. The number of rotatable bonds is 8. The predicted octanol–water partition coefficient (Wildman–Crippen LogP) is 9.56. The monoisotopic (exact) mass is 546 g/mol. The summed E-state index contributed by atoms with van der Waals surface area (Å²) in [5.74, 6) is 5.57. The van der Waals surface area contributed by atoms with Gasteiger partial charge in [0.15, 0.2) is 0 Å². The average Bonchev–Trinajstić information content (AvgIpc) is 2.95. The fourth-order valence-electron chi connectivity index (χ4n) is 4.40. The van der Waals surface area contributed by atoms with E-state index in [1.54, 1.807) is 0 Å². The molecule has 208 valence electrons. The van der Waals surface area contributed by atoms with Crippen LogP contribution in [-0.2, 0) is 0 Å². The van der Waals surface area contributed by atoms with Crippen molar-refractivity contribution < 1.29 is 18.9 Å². The molecule has 6 nitrogen and oxygen atoms in total. The molecule has 0 heterocycles. The van der Waals surface area contributed by atoms with Crippen LogP contribution >= 0.6 is 0 Å². The number of anilines is 2. The molecule has 0 fully saturated rings. The summed E-state index contributed by atoms with van der Waals surface area (Å²) in [4.78, 5) is 0. The zero-order valence-corrected chi connectivity index (χ0v) is 23.9. The van der Waals surface area contributed by atoms with Crippen molar-refractivity contribution in [2.24, 2.45) is 0 Å². The lowest BCUT2D eigenvalue weighted by atomic mass is 10.1. The minimum absolute atomic E-state index is 0.684. The first kappa shape index (κ1) is 27.5. The first-order valence-electron chi connectivity index (χ1n) is 13.4. The van der Waals surface area contributed by atoms with E-state index in [0.717, 1.165) is 27.8 Å². The lowest BCUT2D eigenvalue weighted by Crippen LogP contribution is -1.98. The van der Waals surface area contributed by atoms with Gasteiger partial charge < -0.3 is 30.4 Å². The van der Waals surface area contributed by atoms with Crippen molar-refractivity contribution in [3.8, 4) is 46.0 Å². The summed E-state index contributed by atoms with van der Waals surface area (Å²) in [6.45, 7) is 9.80. The van der Waals surface area contributed by atoms with Crippen LogP contribution in [0.5, 0.6) is 46.0 Å². The maximum absolute atomic E-state index is 6.39. The highest BCUT2D eigenvalue weighted by Crippen LogP contribution is 2.40. The van der Waals surface area contributed by atoms with Gasteiger partial charge in [-0.05, 0) is 95.3 Å². The molecular formula is C35H34N2O4. The normalized spacial score (nSPS) is 10.8. The standard InChI is InChI=1S/C35H34N2O4/c1-21-26(36)11-6-13-28(21)38-30-15-8-17-32(23(30)3)40-34-19-10-20-35(25(34)5)41-33-18-9-16-31(24(33)4)39-29-14-7-12-27(37)22(29)2/h6-20H,36-37H2,1-5H3. The van der Waals surface area contributed by atoms with E-state index in [0.29, 0.717) is 57.4 Å². The van der Waals surface area contributed by atoms with Crippen molar-refractivity contribution in [3.05, 3.63) is 119 Å². The smallest absolute Gasteiger partial charge is 0.134 e. The Morgan fingerprint density at radius 1 is 0.317 bits per heavy atom. The van der Waals surface area contributed by atoms with Crippen LogP contribution in [0.25, 0.3) is 0 Å². The van der Waals surface area contributed by atoms with Gasteiger partial charge >= 0.3 is 0 Å². The van der Waals surface area contributed by atoms with Crippen LogP contribution < -0.4 is 30.4 Å². The molecule has 6 heteroatoms. The SMILES string of the molecule is Cc1c(N)cccc1Oc1cccc(Oc2cccc(Oc3cccc(Oc4cccc(N)c4C)c3C)c2C)c1C. The Kier molecular flexibility index (Phi) is 7.74. The van der Waals surface area contributed by atoms with Gasteiger partial charge in [0.1, 0.15) is 46.0 Å². The maximum Gasteiger partial charge on any atom is 0.134 e. The second kappa shape index (κ2) is 11.6. The number of hydrogen-bond acceptors (Lipinski definition) is 6. The van der Waals surface area contributed by atoms with Gasteiger partial charge in [-0.15, -0.1) is 0 Å². The molecule has 4 N–H and O–H groups in total. The predicted molar refractivity (Wildman–Crippen MR) is 165 cm³/mol. The van der Waals surface area contributed by atoms with Gasteiger partial charge in [-0.25, -0.2) is 0 Å². The number of hydrogen-bond donors (Lipinski definition) is 2. The largest absolute Gasteiger partial charge is 0.457 e. The molecule has 0 bridgehead atoms. The summed E-state index contributed by atoms with van der Waals surface area (Å²) in [6, 6.07) is 28.5. The first-order chi connectivity index (χ1) is 19.7. The van der Waals surface area contributed by atoms with E-state index in [1.165, 1.54) is 0 Å². The second-order valence-electron chi connectivity index (χ2n) is 9.99. The van der Waals surface area contributed by atoms with Gasteiger partial charge in [0.25, 0.3) is 0 Å². The molecule has 0 aliphatic carbocycles. The van der Waals surface area contributed by atoms with E-state index in [-0.39, 0.29) is 0 Å². The second-order valence-corrected chi connectivity index (χ2v) is 9.99. The Bertz CT molecular complexity index is 1610. The van der Waals surface area contributed by atoms with E-state index in [1.807, 2.05) is 126 Å². The maximum atomic E-state index is 6.39. The number of benzene rings is 5. The lowest BCUT2D eigenvalue weighted by Gasteiger charge is -2.18. The van der Waals surface area contributed by atoms with Crippen molar-refractivity contribution in [3.63, 3.8) is 0 Å². The number of nitrogens with two attached hydrogens (primary N) is 2. The third kappa shape index (κ3) is 5.77. The molecule has 0 aliphatic heterocycles. The summed E-state index contributed by atoms with van der Waals surface area (Å²) in [5, 5.41) is 0. The molecule has 0 radical (unpaired) electrons. The highest BCUT2D eigenvalue weighted by atomic mass is 16.5. The fourth-order valence-corrected chi connectivity index (χ4v) is 4.40. The van der Waals surface area contributed by atoms with Crippen LogP contribution in [0.2, 0.25) is 0 Å². The highest BCUT2D eigenvalue weighted by Gasteiger charge is 2.15. The van der Waals surface area contributed by atoms with Gasteiger partial charge in [-0.1, -0.05) is 30.3 Å². The highest BCUT2D eigenvalue weighted by molar-refractivity contribution is 5.58. The van der Waals surface area contributed by atoms with Gasteiger partial charge in [0.2, 0.25) is 0 Å². The molecule has 41 heavy (non-hydrogen) atoms. The molecule has 5 aromatic carbocycles. The Labute approximate surface area is 241 Å². The molecule has 0 aliphatic rings. The van der Waals surface area contributed by atoms with E-state index < -0.39 is 0 Å². The molecule has 0 unspecified atom stereocenters. The van der Waals surface area contributed by atoms with Gasteiger partial charge in [-0.2, -0.15) is 0 Å². The van der Waals surface area contributed by atoms with Crippen molar-refractivity contribution in [1.29, 1.82) is 0 Å². The van der Waals surface area contributed by atoms with Crippen LogP contribution in [0.3, 0.4) is 0 Å². The Balaban J connectivity index is 1.38. The van der Waals surface area contributed by atoms with Crippen LogP contribution in [0.15, 0.2) is 91.0 Å². The summed E-state index contributed by atoms with van der Waals surface area (Å²) in [6.07, 6.45) is 0. The van der Waals surface area contributed by atoms with Gasteiger partial charge in [-0.3, -0.25) is 0 Å². The summed E-state index contributed by atoms with van der Waals surface area (Å²) >= 11 is 0. The third-order valence-electron chi connectivity index (χ3n) is 7.23. The molecule has 5 aromatic rings. The van der Waals surface area contributed by atoms with Gasteiger partial charge in [0.05, 0.1) is 0 Å². The lowest BCUT2D eigenvalue weighted by molar-refractivity contribution is 0.436. The fraction of sp³-hybridized carbons (Fsp3) is 0.143. The van der Waals surface area contributed by atoms with Crippen LogP contribution in [-0.4, -0.2) is 0 Å². The molecule has 0 saturated heterocycles. The van der Waals surface area contributed by atoms with Crippen molar-refractivity contribution in [2.45, 2.75) is 34.6 Å². The van der Waals surface area contributed by atoms with Crippen LogP contribution in [0, 0.1) is 34.6 Å². The summed E-state index contributed by atoms with van der Waals surface area (Å²) in [7, 11) is 0. The zero-order chi connectivity index (χ0) is 29.1. The Morgan fingerprint density at radius 3 is 0.756 bits per heavy atom. The van der Waals surface area contributed by atoms with Crippen molar-refractivity contribution in [1.82, 2.24) is 0 Å². The molecule has 0 spiro atoms. The minimum Gasteiger partial charge on any atom is -0.457 e. The van der Waals surface area contributed by atoms with E-state index in [9.17, 15) is 0 Å². The van der Waals surface area contributed by atoms with Crippen molar-refractivity contribution >= 4 is 11.4 Å². The first-order valence-corrected chi connectivity index (χ1v) is 13.4. The van der Waals surface area contributed by atoms with Crippen molar-refractivity contribution in [2.75, 3.05) is 11.5 Å². The average molecular weight is 547 g/mol. The number of ether oxygens (including phenoxy) is 4. The topological polar surface area (TPSA) is 89.0 Å². The zero-order valence-electron chi connectivity index (χ0n) is 23.9. The molecule has 0 amide bonds. The molecule has 0 atom stereocenters. The Hall–Kier alpha value is -5.10. The molecular weight excluding hydrogens is 512 g/mol. The van der Waals surface area contributed by atoms with E-state index in [2.05, 4.69) is 0 Å². The third-order valence-corrected chi connectivity index (χ3v) is 7.23. The van der Waals surface area contributed by atoms with E-state index >= 15 is 0 Å². The Morgan fingerprint density at radius 2 is 0.512 bits per heavy atom. The van der Waals surface area contributed by atoms with E-state index in [4.69, 9.17) is 30.4 Å². The molecule has 5 rings (SSSR count). The summed E-state index contributed by atoms with van der Waals surface area (Å²) < 4.78 is 25.2. The molecule has 0 saturated carbocycles. The number of nitrogen functional groups attached to an aromatic ring is 2. The van der Waals surface area contributed by atoms with Crippen LogP contribution in [0.4, 0.5) is 11.4 Å². The summed E-state index contributed by atoms with van der Waals surface area (Å²) in [5.41, 5.74) is 17.9. The quantitative estimate of drug-likeness (QED) is 0.188.